The molecule has 51 heavy (non-hydrogen) atoms. The fourth-order valence-corrected chi connectivity index (χ4v) is 4.86. The molecular weight excluding hydrogens is 684 g/mol. The molecule has 2 saturated heterocycles. The van der Waals surface area contributed by atoms with Gasteiger partial charge in [0.15, 0.2) is 43.1 Å². The molecule has 2 aliphatic rings. The molecule has 290 valence electrons. The number of carbonyl (C=O) groups excluding carboxylic acids is 7. The van der Waals surface area contributed by atoms with Crippen LogP contribution in [-0.2, 0) is 80.9 Å². The van der Waals surface area contributed by atoms with Gasteiger partial charge in [0, 0.05) is 44.9 Å². The molecule has 2 aliphatic heterocycles. The van der Waals surface area contributed by atoms with E-state index in [1.54, 1.807) is 6.92 Å². The molecule has 0 spiro atoms. The van der Waals surface area contributed by atoms with E-state index < -0.39 is 116 Å². The van der Waals surface area contributed by atoms with E-state index in [-0.39, 0.29) is 44.9 Å². The van der Waals surface area contributed by atoms with Crippen LogP contribution in [0.3, 0.4) is 0 Å². The first-order chi connectivity index (χ1) is 24.3. The average Bonchev–Trinajstić information content (AvgIpc) is 3.13. The number of aliphatic hydroxyl groups excluding tert-OH is 1. The van der Waals surface area contributed by atoms with Crippen molar-refractivity contribution >= 4 is 41.8 Å². The van der Waals surface area contributed by atoms with Gasteiger partial charge in [0.1, 0.15) is 31.5 Å². The molecule has 18 nitrogen and oxygen atoms in total. The Morgan fingerprint density at radius 1 is 0.431 bits per heavy atom. The minimum absolute atomic E-state index is 0.0285. The maximum absolute atomic E-state index is 12.8. The van der Waals surface area contributed by atoms with E-state index in [9.17, 15) is 38.7 Å². The summed E-state index contributed by atoms with van der Waals surface area (Å²) in [5.74, 6) is -5.31. The summed E-state index contributed by atoms with van der Waals surface area (Å²) in [4.78, 5) is 87.7. The first-order valence-electron chi connectivity index (χ1n) is 17.2. The van der Waals surface area contributed by atoms with Crippen molar-refractivity contribution in [2.45, 2.75) is 155 Å². The van der Waals surface area contributed by atoms with Gasteiger partial charge < -0.3 is 52.5 Å². The Labute approximate surface area is 295 Å². The zero-order chi connectivity index (χ0) is 38.2. The third kappa shape index (κ3) is 12.7. The van der Waals surface area contributed by atoms with Gasteiger partial charge in [-0.05, 0) is 0 Å². The van der Waals surface area contributed by atoms with Crippen molar-refractivity contribution < 1.29 is 86.0 Å². The van der Waals surface area contributed by atoms with Gasteiger partial charge in [-0.15, -0.1) is 0 Å². The third-order valence-electron chi connectivity index (χ3n) is 7.67. The first-order valence-corrected chi connectivity index (χ1v) is 17.2. The third-order valence-corrected chi connectivity index (χ3v) is 7.67. The molecule has 1 N–H and O–H groups in total. The highest BCUT2D eigenvalue weighted by Crippen LogP contribution is 2.35. The maximum atomic E-state index is 12.8. The minimum Gasteiger partial charge on any atom is -0.463 e. The van der Waals surface area contributed by atoms with E-state index in [2.05, 4.69) is 0 Å². The highest BCUT2D eigenvalue weighted by Gasteiger charge is 2.57. The summed E-state index contributed by atoms with van der Waals surface area (Å²) in [6.45, 7) is 9.41. The van der Waals surface area contributed by atoms with Crippen LogP contribution in [0.5, 0.6) is 0 Å². The summed E-state index contributed by atoms with van der Waals surface area (Å²) >= 11 is 0. The van der Waals surface area contributed by atoms with Crippen molar-refractivity contribution in [2.75, 3.05) is 13.2 Å². The van der Waals surface area contributed by atoms with Gasteiger partial charge in [0.2, 0.25) is 0 Å². The molecule has 0 aromatic carbocycles. The number of hydrogen-bond donors (Lipinski definition) is 1. The summed E-state index contributed by atoms with van der Waals surface area (Å²) in [7, 11) is 0. The SMILES string of the molecule is CCC(=O)OCC1O[C@H](O[C@@H]2C(COC(=O)CC)O[C@@H](O)C(OC(=O)CC)C2OC(=O)CC)C(OC(=O)CC)C(OC(=O)CC)[C@@H]1OC(=O)CC. The zero-order valence-electron chi connectivity index (χ0n) is 30.0. The van der Waals surface area contributed by atoms with E-state index in [1.807, 2.05) is 0 Å². The zero-order valence-corrected chi connectivity index (χ0v) is 30.0. The van der Waals surface area contributed by atoms with Crippen LogP contribution in [-0.4, -0.2) is 122 Å². The number of rotatable bonds is 18. The van der Waals surface area contributed by atoms with Gasteiger partial charge in [-0.25, -0.2) is 0 Å². The number of ether oxygens (including phenoxy) is 10. The predicted octanol–water partition coefficient (Wildman–Crippen LogP) is 1.33. The van der Waals surface area contributed by atoms with E-state index in [4.69, 9.17) is 47.4 Å². The van der Waals surface area contributed by atoms with Crippen molar-refractivity contribution in [3.8, 4) is 0 Å². The monoisotopic (exact) mass is 734 g/mol. The van der Waals surface area contributed by atoms with Crippen LogP contribution in [0.4, 0.5) is 0 Å². The molecule has 18 heteroatoms. The fourth-order valence-electron chi connectivity index (χ4n) is 4.86. The van der Waals surface area contributed by atoms with Crippen LogP contribution in [0.25, 0.3) is 0 Å². The van der Waals surface area contributed by atoms with Gasteiger partial charge in [-0.3, -0.25) is 33.6 Å². The maximum Gasteiger partial charge on any atom is 0.306 e. The second-order valence-electron chi connectivity index (χ2n) is 11.3. The van der Waals surface area contributed by atoms with Crippen LogP contribution >= 0.6 is 0 Å². The Balaban J connectivity index is 2.77. The predicted molar refractivity (Wildman–Crippen MR) is 168 cm³/mol. The van der Waals surface area contributed by atoms with E-state index >= 15 is 0 Å². The fraction of sp³-hybridized carbons (Fsp3) is 0.788. The normalized spacial score (nSPS) is 28.8. The number of esters is 7. The van der Waals surface area contributed by atoms with Crippen LogP contribution in [0.15, 0.2) is 0 Å². The first kappa shape index (κ1) is 43.3. The summed E-state index contributed by atoms with van der Waals surface area (Å²) in [6, 6.07) is 0. The average molecular weight is 735 g/mol. The molecular formula is C33H50O18. The lowest BCUT2D eigenvalue weighted by Gasteiger charge is -2.48. The molecule has 0 aliphatic carbocycles. The molecule has 0 amide bonds. The van der Waals surface area contributed by atoms with E-state index in [0.717, 1.165) is 0 Å². The molecule has 2 fully saturated rings. The summed E-state index contributed by atoms with van der Waals surface area (Å²) in [5, 5.41) is 10.9. The number of carbonyl (C=O) groups is 7. The Bertz CT molecular complexity index is 1200. The summed E-state index contributed by atoms with van der Waals surface area (Å²) < 4.78 is 56.8. The van der Waals surface area contributed by atoms with Crippen molar-refractivity contribution in [1.82, 2.24) is 0 Å². The highest BCUT2D eigenvalue weighted by molar-refractivity contribution is 5.72. The molecule has 2 rings (SSSR count). The van der Waals surface area contributed by atoms with Gasteiger partial charge in [0.05, 0.1) is 0 Å². The van der Waals surface area contributed by atoms with Crippen LogP contribution < -0.4 is 0 Å². The lowest BCUT2D eigenvalue weighted by molar-refractivity contribution is -0.357. The summed E-state index contributed by atoms with van der Waals surface area (Å²) in [5.41, 5.74) is 0. The minimum atomic E-state index is -1.90. The molecule has 10 atom stereocenters. The van der Waals surface area contributed by atoms with E-state index in [0.29, 0.717) is 0 Å². The Kier molecular flexibility index (Phi) is 18.2. The van der Waals surface area contributed by atoms with Crippen molar-refractivity contribution in [2.24, 2.45) is 0 Å². The molecule has 0 bridgehead atoms. The van der Waals surface area contributed by atoms with Crippen molar-refractivity contribution in [3.05, 3.63) is 0 Å². The second kappa shape index (κ2) is 21.5. The topological polar surface area (TPSA) is 232 Å². The molecule has 0 radical (unpaired) electrons. The largest absolute Gasteiger partial charge is 0.463 e. The molecule has 6 unspecified atom stereocenters. The van der Waals surface area contributed by atoms with Gasteiger partial charge in [-0.1, -0.05) is 48.5 Å². The van der Waals surface area contributed by atoms with E-state index in [1.165, 1.54) is 41.5 Å². The molecule has 2 heterocycles. The van der Waals surface area contributed by atoms with Crippen molar-refractivity contribution in [3.63, 3.8) is 0 Å². The van der Waals surface area contributed by atoms with Crippen LogP contribution in [0.2, 0.25) is 0 Å². The van der Waals surface area contributed by atoms with Crippen molar-refractivity contribution in [1.29, 1.82) is 0 Å². The van der Waals surface area contributed by atoms with Crippen LogP contribution in [0, 0.1) is 0 Å². The quantitative estimate of drug-likeness (QED) is 0.155. The Hall–Kier alpha value is -3.87. The Morgan fingerprint density at radius 3 is 1.18 bits per heavy atom. The lowest BCUT2D eigenvalue weighted by Crippen LogP contribution is -2.67. The van der Waals surface area contributed by atoms with Gasteiger partial charge >= 0.3 is 41.8 Å². The highest BCUT2D eigenvalue weighted by atomic mass is 16.8. The molecule has 0 aromatic heterocycles. The Morgan fingerprint density at radius 2 is 0.765 bits per heavy atom. The van der Waals surface area contributed by atoms with Crippen LogP contribution in [0.1, 0.15) is 93.4 Å². The second-order valence-corrected chi connectivity index (χ2v) is 11.3. The van der Waals surface area contributed by atoms with Gasteiger partial charge in [0.25, 0.3) is 0 Å². The summed E-state index contributed by atoms with van der Waals surface area (Å²) in [6.07, 6.45) is -17.1. The number of hydrogen-bond acceptors (Lipinski definition) is 18. The number of aliphatic hydroxyl groups is 1. The molecule has 0 aromatic rings. The lowest BCUT2D eigenvalue weighted by atomic mass is 9.96. The molecule has 0 saturated carbocycles. The smallest absolute Gasteiger partial charge is 0.306 e. The van der Waals surface area contributed by atoms with Gasteiger partial charge in [-0.2, -0.15) is 0 Å². The standard InChI is InChI=1S/C33H50O18/c1-8-19(34)42-15-17-27(28(47-22(37)11-4)30(32(41)44-17)49-24(39)13-6)51-33-31(50-25(40)14-7)29(48-23(38)12-5)26(46-21(36)10-3)18(45-33)16-43-20(35)9-2/h17-18,26-33,41H,8-16H2,1-7H3/t17?,18?,26-,27-,28?,29?,30?,31?,32-,33-/m1/s1.